The number of nitrogens with one attached hydrogen (secondary N) is 1. The van der Waals surface area contributed by atoms with Crippen LogP contribution in [0.5, 0.6) is 0 Å². The predicted molar refractivity (Wildman–Crippen MR) is 129 cm³/mol. The van der Waals surface area contributed by atoms with Crippen molar-refractivity contribution in [1.82, 2.24) is 24.6 Å². The minimum Gasteiger partial charge on any atom is -0.369 e. The number of benzene rings is 1. The highest BCUT2D eigenvalue weighted by Crippen LogP contribution is 2.30. The van der Waals surface area contributed by atoms with Gasteiger partial charge in [-0.1, -0.05) is 0 Å². The van der Waals surface area contributed by atoms with E-state index in [2.05, 4.69) is 56.5 Å². The second kappa shape index (κ2) is 9.42. The fourth-order valence-corrected chi connectivity index (χ4v) is 4.90. The maximum Gasteiger partial charge on any atom is 0.229 e. The normalized spacial score (nSPS) is 22.4. The van der Waals surface area contributed by atoms with Crippen molar-refractivity contribution in [3.63, 3.8) is 0 Å². The number of nitrogens with zero attached hydrogens (tertiary/aromatic N) is 6. The van der Waals surface area contributed by atoms with E-state index in [0.717, 1.165) is 56.0 Å². The van der Waals surface area contributed by atoms with Gasteiger partial charge in [0.25, 0.3) is 0 Å². The fraction of sp³-hybridized carbons (Fsp3) is 0.542. The molecule has 0 unspecified atom stereocenters. The number of hydrogen-bond acceptors (Lipinski definition) is 7. The average molecular weight is 435 g/mol. The summed E-state index contributed by atoms with van der Waals surface area (Å²) in [5.41, 5.74) is 9.01. The predicted octanol–water partition coefficient (Wildman–Crippen LogP) is 3.09. The molecular formula is C24H34N8. The molecule has 3 N–H and O–H groups in total. The van der Waals surface area contributed by atoms with Gasteiger partial charge in [-0.25, -0.2) is 9.67 Å². The molecule has 170 valence electrons. The summed E-state index contributed by atoms with van der Waals surface area (Å²) in [6.45, 7) is 6.08. The number of hydrogen-bond donors (Lipinski definition) is 2. The summed E-state index contributed by atoms with van der Waals surface area (Å²) in [7, 11) is 2.18. The molecule has 1 aliphatic carbocycles. The van der Waals surface area contributed by atoms with Gasteiger partial charge < -0.3 is 20.9 Å². The first-order valence-corrected chi connectivity index (χ1v) is 11.9. The van der Waals surface area contributed by atoms with Crippen LogP contribution in [-0.4, -0.2) is 64.4 Å². The van der Waals surface area contributed by atoms with Gasteiger partial charge in [-0.15, -0.1) is 0 Å². The highest BCUT2D eigenvalue weighted by Gasteiger charge is 2.21. The number of likely N-dealkylation sites (N-methyl/N-ethyl adjacent to an activating group) is 1. The molecule has 0 amide bonds. The smallest absolute Gasteiger partial charge is 0.229 e. The maximum atomic E-state index is 5.84. The summed E-state index contributed by atoms with van der Waals surface area (Å²) < 4.78 is 2.05. The highest BCUT2D eigenvalue weighted by atomic mass is 15.3. The van der Waals surface area contributed by atoms with Crippen LogP contribution in [0.25, 0.3) is 11.0 Å². The molecule has 3 heterocycles. The lowest BCUT2D eigenvalue weighted by atomic mass is 9.82. The minimum absolute atomic E-state index is 0.610. The third-order valence-electron chi connectivity index (χ3n) is 7.10. The molecule has 8 heteroatoms. The van der Waals surface area contributed by atoms with Crippen molar-refractivity contribution in [3.05, 3.63) is 36.7 Å². The van der Waals surface area contributed by atoms with E-state index in [9.17, 15) is 0 Å². The largest absolute Gasteiger partial charge is 0.369 e. The van der Waals surface area contributed by atoms with Crippen LogP contribution in [0.3, 0.4) is 0 Å². The Kier molecular flexibility index (Phi) is 6.23. The number of piperazine rings is 1. The van der Waals surface area contributed by atoms with Crippen molar-refractivity contribution in [3.8, 4) is 0 Å². The molecule has 3 aromatic rings. The fourth-order valence-electron chi connectivity index (χ4n) is 4.90. The first-order chi connectivity index (χ1) is 15.7. The molecule has 0 spiro atoms. The van der Waals surface area contributed by atoms with Crippen LogP contribution < -0.4 is 16.0 Å². The molecule has 1 saturated heterocycles. The molecule has 2 aliphatic rings. The van der Waals surface area contributed by atoms with Crippen molar-refractivity contribution in [1.29, 1.82) is 0 Å². The third-order valence-corrected chi connectivity index (χ3v) is 7.10. The van der Waals surface area contributed by atoms with Crippen molar-refractivity contribution in [2.45, 2.75) is 32.2 Å². The van der Waals surface area contributed by atoms with Crippen LogP contribution >= 0.6 is 0 Å². The second-order valence-electron chi connectivity index (χ2n) is 9.38. The Hall–Kier alpha value is -2.71. The van der Waals surface area contributed by atoms with E-state index < -0.39 is 0 Å². The number of fused-ring (bicyclic) bond motifs is 1. The summed E-state index contributed by atoms with van der Waals surface area (Å²) in [6.07, 6.45) is 8.63. The van der Waals surface area contributed by atoms with Gasteiger partial charge in [-0.05, 0) is 75.4 Å². The summed E-state index contributed by atoms with van der Waals surface area (Å²) in [5, 5.41) is 8.94. The highest BCUT2D eigenvalue weighted by molar-refractivity contribution is 5.75. The SMILES string of the molecule is CN1CCN(c2ccc(Nc3ncc4cnn(C[C@H]5CC[C@H](CN)CC5)c4n3)cc2)CC1. The Morgan fingerprint density at radius 3 is 2.41 bits per heavy atom. The molecule has 5 rings (SSSR count). The van der Waals surface area contributed by atoms with E-state index in [1.807, 2.05) is 17.1 Å². The Morgan fingerprint density at radius 1 is 0.969 bits per heavy atom. The van der Waals surface area contributed by atoms with Crippen LogP contribution in [0.15, 0.2) is 36.7 Å². The minimum atomic E-state index is 0.610. The molecule has 0 atom stereocenters. The van der Waals surface area contributed by atoms with Gasteiger partial charge in [0.05, 0.1) is 11.6 Å². The summed E-state index contributed by atoms with van der Waals surface area (Å²) in [5.74, 6) is 1.95. The number of aromatic nitrogens is 4. The van der Waals surface area contributed by atoms with Crippen LogP contribution in [0.2, 0.25) is 0 Å². The zero-order chi connectivity index (χ0) is 21.9. The van der Waals surface area contributed by atoms with Crippen LogP contribution in [-0.2, 0) is 6.54 Å². The van der Waals surface area contributed by atoms with E-state index in [1.54, 1.807) is 0 Å². The number of nitrogens with two attached hydrogens (primary N) is 1. The molecular weight excluding hydrogens is 400 g/mol. The topological polar surface area (TPSA) is 88.1 Å². The zero-order valence-corrected chi connectivity index (χ0v) is 19.0. The Bertz CT molecular complexity index is 1010. The molecule has 2 aromatic heterocycles. The van der Waals surface area contributed by atoms with Gasteiger partial charge in [-0.3, -0.25) is 0 Å². The molecule has 1 aromatic carbocycles. The van der Waals surface area contributed by atoms with Gasteiger partial charge in [-0.2, -0.15) is 10.1 Å². The first-order valence-electron chi connectivity index (χ1n) is 11.9. The molecule has 0 bridgehead atoms. The molecule has 1 saturated carbocycles. The van der Waals surface area contributed by atoms with E-state index in [0.29, 0.717) is 17.8 Å². The quantitative estimate of drug-likeness (QED) is 0.616. The van der Waals surface area contributed by atoms with E-state index in [4.69, 9.17) is 10.7 Å². The lowest BCUT2D eigenvalue weighted by Crippen LogP contribution is -2.44. The van der Waals surface area contributed by atoms with Gasteiger partial charge in [0.1, 0.15) is 0 Å². The summed E-state index contributed by atoms with van der Waals surface area (Å²) in [6, 6.07) is 8.56. The molecule has 2 fully saturated rings. The van der Waals surface area contributed by atoms with Crippen molar-refractivity contribution in [2.75, 3.05) is 50.0 Å². The standard InChI is InChI=1S/C24H34N8/c1-30-10-12-31(13-11-30)22-8-6-21(7-9-22)28-24-26-15-20-16-27-32(23(20)29-24)17-19-4-2-18(14-25)3-5-19/h6-9,15-16,18-19H,2-5,10-14,17,25H2,1H3,(H,26,28,29)/t18-,19-. The van der Waals surface area contributed by atoms with Gasteiger partial charge in [0.2, 0.25) is 5.95 Å². The maximum absolute atomic E-state index is 5.84. The van der Waals surface area contributed by atoms with Crippen LogP contribution in [0.1, 0.15) is 25.7 Å². The summed E-state index contributed by atoms with van der Waals surface area (Å²) in [4.78, 5) is 14.1. The van der Waals surface area contributed by atoms with Crippen LogP contribution in [0.4, 0.5) is 17.3 Å². The Labute approximate surface area is 189 Å². The van der Waals surface area contributed by atoms with Gasteiger partial charge in [0.15, 0.2) is 5.65 Å². The van der Waals surface area contributed by atoms with Crippen molar-refractivity contribution < 1.29 is 0 Å². The zero-order valence-electron chi connectivity index (χ0n) is 19.0. The lowest BCUT2D eigenvalue weighted by molar-refractivity contribution is 0.252. The van der Waals surface area contributed by atoms with Crippen molar-refractivity contribution in [2.24, 2.45) is 17.6 Å². The van der Waals surface area contributed by atoms with Crippen LogP contribution in [0, 0.1) is 11.8 Å². The Morgan fingerprint density at radius 2 is 1.69 bits per heavy atom. The molecule has 1 aliphatic heterocycles. The van der Waals surface area contributed by atoms with Gasteiger partial charge in [0, 0.05) is 50.3 Å². The summed E-state index contributed by atoms with van der Waals surface area (Å²) >= 11 is 0. The Balaban J connectivity index is 1.25. The van der Waals surface area contributed by atoms with E-state index >= 15 is 0 Å². The van der Waals surface area contributed by atoms with E-state index in [1.165, 1.54) is 31.4 Å². The molecule has 8 nitrogen and oxygen atoms in total. The average Bonchev–Trinajstić information content (AvgIpc) is 3.22. The number of rotatable bonds is 6. The molecule has 32 heavy (non-hydrogen) atoms. The first kappa shape index (κ1) is 21.2. The third kappa shape index (κ3) is 4.71. The lowest BCUT2D eigenvalue weighted by Gasteiger charge is -2.34. The number of anilines is 3. The monoisotopic (exact) mass is 434 g/mol. The second-order valence-corrected chi connectivity index (χ2v) is 9.38. The van der Waals surface area contributed by atoms with E-state index in [-0.39, 0.29) is 0 Å². The van der Waals surface area contributed by atoms with Gasteiger partial charge >= 0.3 is 0 Å². The van der Waals surface area contributed by atoms with Crippen molar-refractivity contribution >= 4 is 28.4 Å². The molecule has 0 radical (unpaired) electrons.